The third-order valence-corrected chi connectivity index (χ3v) is 4.02. The van der Waals surface area contributed by atoms with Crippen LogP contribution in [0.15, 0.2) is 0 Å². The van der Waals surface area contributed by atoms with Gasteiger partial charge in [0.25, 0.3) is 0 Å². The minimum atomic E-state index is -0.848. The Morgan fingerprint density at radius 2 is 1.63 bits per heavy atom. The number of carbonyl (C=O) groups excluding carboxylic acids is 2. The van der Waals surface area contributed by atoms with Crippen molar-refractivity contribution in [2.24, 2.45) is 11.1 Å². The molecule has 19 heavy (non-hydrogen) atoms. The molecule has 0 atom stereocenters. The predicted molar refractivity (Wildman–Crippen MR) is 80.7 cm³/mol. The SMILES string of the molecule is CCN(CC)C(=O)CNC(=O)C(CC)(CC)C(N)=S. The lowest BCUT2D eigenvalue weighted by Gasteiger charge is -2.29. The molecule has 0 bridgehead atoms. The molecule has 6 heteroatoms. The van der Waals surface area contributed by atoms with Crippen LogP contribution in [0.5, 0.6) is 0 Å². The number of likely N-dealkylation sites (N-methyl/N-ethyl adjacent to an activating group) is 1. The van der Waals surface area contributed by atoms with Gasteiger partial charge in [-0.2, -0.15) is 0 Å². The van der Waals surface area contributed by atoms with E-state index in [0.717, 1.165) is 0 Å². The van der Waals surface area contributed by atoms with Crippen LogP contribution >= 0.6 is 12.2 Å². The summed E-state index contributed by atoms with van der Waals surface area (Å²) in [6, 6.07) is 0. The van der Waals surface area contributed by atoms with Gasteiger partial charge in [0, 0.05) is 13.1 Å². The van der Waals surface area contributed by atoms with Gasteiger partial charge in [0.1, 0.15) is 0 Å². The van der Waals surface area contributed by atoms with Crippen LogP contribution in [-0.4, -0.2) is 41.3 Å². The van der Waals surface area contributed by atoms with Gasteiger partial charge in [-0.1, -0.05) is 26.1 Å². The summed E-state index contributed by atoms with van der Waals surface area (Å²) in [6.45, 7) is 8.80. The molecule has 0 aliphatic rings. The van der Waals surface area contributed by atoms with Crippen LogP contribution in [0.4, 0.5) is 0 Å². The van der Waals surface area contributed by atoms with E-state index in [9.17, 15) is 9.59 Å². The Morgan fingerprint density at radius 3 is 1.95 bits per heavy atom. The molecule has 0 saturated heterocycles. The average Bonchev–Trinajstić information content (AvgIpc) is 2.39. The predicted octanol–water partition coefficient (Wildman–Crippen LogP) is 1.06. The number of nitrogens with one attached hydrogen (secondary N) is 1. The molecular formula is C13H25N3O2S. The van der Waals surface area contributed by atoms with Crippen LogP contribution in [0.1, 0.15) is 40.5 Å². The fourth-order valence-electron chi connectivity index (χ4n) is 2.04. The van der Waals surface area contributed by atoms with E-state index >= 15 is 0 Å². The number of nitrogens with two attached hydrogens (primary N) is 1. The van der Waals surface area contributed by atoms with E-state index in [0.29, 0.717) is 25.9 Å². The maximum Gasteiger partial charge on any atom is 0.241 e. The second-order valence-corrected chi connectivity index (χ2v) is 4.84. The van der Waals surface area contributed by atoms with Crippen molar-refractivity contribution in [2.45, 2.75) is 40.5 Å². The molecule has 5 nitrogen and oxygen atoms in total. The van der Waals surface area contributed by atoms with E-state index in [1.54, 1.807) is 4.90 Å². The molecule has 0 spiro atoms. The monoisotopic (exact) mass is 287 g/mol. The van der Waals surface area contributed by atoms with Crippen molar-refractivity contribution < 1.29 is 9.59 Å². The van der Waals surface area contributed by atoms with E-state index < -0.39 is 5.41 Å². The van der Waals surface area contributed by atoms with E-state index in [-0.39, 0.29) is 23.3 Å². The van der Waals surface area contributed by atoms with E-state index in [1.807, 2.05) is 27.7 Å². The van der Waals surface area contributed by atoms with Crippen LogP contribution in [0.25, 0.3) is 0 Å². The second kappa shape index (κ2) is 8.09. The van der Waals surface area contributed by atoms with Crippen molar-refractivity contribution in [1.29, 1.82) is 0 Å². The summed E-state index contributed by atoms with van der Waals surface area (Å²) in [5, 5.41) is 2.66. The Morgan fingerprint density at radius 1 is 1.16 bits per heavy atom. The maximum absolute atomic E-state index is 12.2. The number of nitrogens with zero attached hydrogens (tertiary/aromatic N) is 1. The molecule has 110 valence electrons. The van der Waals surface area contributed by atoms with Crippen LogP contribution in [0, 0.1) is 5.41 Å². The lowest BCUT2D eigenvalue weighted by atomic mass is 9.81. The largest absolute Gasteiger partial charge is 0.392 e. The zero-order chi connectivity index (χ0) is 15.1. The quantitative estimate of drug-likeness (QED) is 0.655. The molecule has 0 aromatic carbocycles. The molecule has 0 fully saturated rings. The number of rotatable bonds is 8. The standard InChI is InChI=1S/C13H25N3O2S/c1-5-13(6-2,11(14)19)12(18)15-9-10(17)16(7-3)8-4/h5-9H2,1-4H3,(H2,14,19)(H,15,18). The van der Waals surface area contributed by atoms with E-state index in [1.165, 1.54) is 0 Å². The van der Waals surface area contributed by atoms with Crippen molar-refractivity contribution in [3.8, 4) is 0 Å². The highest BCUT2D eigenvalue weighted by Crippen LogP contribution is 2.27. The third kappa shape index (κ3) is 4.16. The van der Waals surface area contributed by atoms with Gasteiger partial charge in [-0.25, -0.2) is 0 Å². The summed E-state index contributed by atoms with van der Waals surface area (Å²) in [7, 11) is 0. The van der Waals surface area contributed by atoms with Gasteiger partial charge in [-0.05, 0) is 26.7 Å². The summed E-state index contributed by atoms with van der Waals surface area (Å²) in [5.41, 5.74) is 4.84. The molecule has 0 saturated carbocycles. The molecule has 0 aromatic rings. The molecule has 0 heterocycles. The summed E-state index contributed by atoms with van der Waals surface area (Å²) in [5.74, 6) is -0.354. The van der Waals surface area contributed by atoms with Gasteiger partial charge < -0.3 is 16.0 Å². The zero-order valence-electron chi connectivity index (χ0n) is 12.3. The first-order valence-electron chi connectivity index (χ1n) is 6.75. The third-order valence-electron chi connectivity index (χ3n) is 3.63. The highest BCUT2D eigenvalue weighted by molar-refractivity contribution is 7.80. The maximum atomic E-state index is 12.2. The highest BCUT2D eigenvalue weighted by Gasteiger charge is 2.38. The Kier molecular flexibility index (Phi) is 7.59. The molecule has 0 unspecified atom stereocenters. The Labute approximate surface area is 120 Å². The molecule has 0 aliphatic carbocycles. The topological polar surface area (TPSA) is 75.4 Å². The molecular weight excluding hydrogens is 262 g/mol. The van der Waals surface area contributed by atoms with Crippen molar-refractivity contribution in [3.63, 3.8) is 0 Å². The number of amides is 2. The normalized spacial score (nSPS) is 10.9. The molecule has 3 N–H and O–H groups in total. The van der Waals surface area contributed by atoms with Gasteiger partial charge in [0.2, 0.25) is 11.8 Å². The van der Waals surface area contributed by atoms with Gasteiger partial charge in [-0.3, -0.25) is 9.59 Å². The van der Waals surface area contributed by atoms with Gasteiger partial charge >= 0.3 is 0 Å². The lowest BCUT2D eigenvalue weighted by Crippen LogP contribution is -2.50. The van der Waals surface area contributed by atoms with Gasteiger partial charge in [0.15, 0.2) is 0 Å². The van der Waals surface area contributed by atoms with Crippen molar-refractivity contribution >= 4 is 29.0 Å². The Balaban J connectivity index is 4.68. The van der Waals surface area contributed by atoms with Crippen molar-refractivity contribution in [1.82, 2.24) is 10.2 Å². The number of hydrogen-bond donors (Lipinski definition) is 2. The summed E-state index contributed by atoms with van der Waals surface area (Å²) in [4.78, 5) is 25.9. The zero-order valence-corrected chi connectivity index (χ0v) is 13.1. The molecule has 0 aromatic heterocycles. The highest BCUT2D eigenvalue weighted by atomic mass is 32.1. The van der Waals surface area contributed by atoms with E-state index in [2.05, 4.69) is 5.32 Å². The van der Waals surface area contributed by atoms with Crippen LogP contribution < -0.4 is 11.1 Å². The van der Waals surface area contributed by atoms with Crippen LogP contribution in [0.3, 0.4) is 0 Å². The smallest absolute Gasteiger partial charge is 0.241 e. The number of thiocarbonyl (C=S) groups is 1. The number of carbonyl (C=O) groups is 2. The summed E-state index contributed by atoms with van der Waals surface area (Å²) < 4.78 is 0. The van der Waals surface area contributed by atoms with Crippen LogP contribution in [0.2, 0.25) is 0 Å². The fourth-order valence-corrected chi connectivity index (χ4v) is 2.43. The summed E-state index contributed by atoms with van der Waals surface area (Å²) >= 11 is 5.00. The minimum Gasteiger partial charge on any atom is -0.392 e. The average molecular weight is 287 g/mol. The Bertz CT molecular complexity index is 337. The second-order valence-electron chi connectivity index (χ2n) is 4.40. The summed E-state index contributed by atoms with van der Waals surface area (Å²) in [6.07, 6.45) is 1.06. The number of hydrogen-bond acceptors (Lipinski definition) is 3. The molecule has 0 rings (SSSR count). The molecule has 2 amide bonds. The van der Waals surface area contributed by atoms with Gasteiger partial charge in [0.05, 0.1) is 16.9 Å². The molecule has 0 aliphatic heterocycles. The first kappa shape index (κ1) is 17.8. The van der Waals surface area contributed by atoms with Crippen molar-refractivity contribution in [2.75, 3.05) is 19.6 Å². The minimum absolute atomic E-state index is 0.00905. The molecule has 0 radical (unpaired) electrons. The first-order chi connectivity index (χ1) is 8.89. The van der Waals surface area contributed by atoms with Crippen LogP contribution in [-0.2, 0) is 9.59 Å². The lowest BCUT2D eigenvalue weighted by molar-refractivity contribution is -0.134. The van der Waals surface area contributed by atoms with E-state index in [4.69, 9.17) is 18.0 Å². The first-order valence-corrected chi connectivity index (χ1v) is 7.16. The fraction of sp³-hybridized carbons (Fsp3) is 0.769. The van der Waals surface area contributed by atoms with Crippen molar-refractivity contribution in [3.05, 3.63) is 0 Å². The Hall–Kier alpha value is -1.17. The van der Waals surface area contributed by atoms with Gasteiger partial charge in [-0.15, -0.1) is 0 Å².